The van der Waals surface area contributed by atoms with Crippen molar-refractivity contribution in [3.63, 3.8) is 0 Å². The number of ether oxygens (including phenoxy) is 1. The molecule has 2 amide bonds. The van der Waals surface area contributed by atoms with Gasteiger partial charge in [-0.05, 0) is 47.5 Å². The molecule has 1 N–H and O–H groups in total. The van der Waals surface area contributed by atoms with Crippen LogP contribution in [0, 0.1) is 0 Å². The average molecular weight is 420 g/mol. The third kappa shape index (κ3) is 4.04. The number of anilines is 1. The Kier molecular flexibility index (Phi) is 5.50. The summed E-state index contributed by atoms with van der Waals surface area (Å²) in [6.45, 7) is 0.364. The van der Waals surface area contributed by atoms with Crippen LogP contribution in [0.25, 0.3) is 6.08 Å². The number of carbonyl (C=O) groups excluding carboxylic acids is 2. The number of nitrogens with zero attached hydrogens (tertiary/aromatic N) is 2. The molecule has 0 atom stereocenters. The molecular weight excluding hydrogens is 402 g/mol. The quantitative estimate of drug-likeness (QED) is 0.647. The first-order valence-electron chi connectivity index (χ1n) is 9.27. The SMILES string of the molecule is CNC(=O)c1ccc(/C=C2\Oc3cnccc3N(Cc3ccc(Cl)cc3)C2=O)cc1. The Morgan fingerprint density at radius 2 is 1.87 bits per heavy atom. The molecule has 0 spiro atoms. The van der Waals surface area contributed by atoms with Crippen LogP contribution in [0.4, 0.5) is 5.69 Å². The molecule has 0 saturated carbocycles. The van der Waals surface area contributed by atoms with Crippen LogP contribution in [0.15, 0.2) is 72.8 Å². The minimum atomic E-state index is -0.265. The molecule has 2 heterocycles. The van der Waals surface area contributed by atoms with E-state index in [2.05, 4.69) is 10.3 Å². The summed E-state index contributed by atoms with van der Waals surface area (Å²) in [5.41, 5.74) is 2.86. The number of halogens is 1. The number of benzene rings is 2. The lowest BCUT2D eigenvalue weighted by Crippen LogP contribution is -2.36. The number of nitrogens with one attached hydrogen (secondary N) is 1. The van der Waals surface area contributed by atoms with Crippen LogP contribution < -0.4 is 15.0 Å². The predicted molar refractivity (Wildman–Crippen MR) is 115 cm³/mol. The third-order valence-electron chi connectivity index (χ3n) is 4.68. The molecule has 0 bridgehead atoms. The second kappa shape index (κ2) is 8.39. The number of aromatic nitrogens is 1. The maximum absolute atomic E-state index is 13.2. The van der Waals surface area contributed by atoms with Gasteiger partial charge in [0.1, 0.15) is 0 Å². The molecule has 0 unspecified atom stereocenters. The van der Waals surface area contributed by atoms with Crippen molar-refractivity contribution in [3.8, 4) is 5.75 Å². The maximum atomic E-state index is 13.2. The minimum absolute atomic E-state index is 0.173. The fourth-order valence-electron chi connectivity index (χ4n) is 3.13. The molecule has 4 rings (SSSR count). The Bertz CT molecular complexity index is 1130. The predicted octanol–water partition coefficient (Wildman–Crippen LogP) is 4.06. The van der Waals surface area contributed by atoms with Gasteiger partial charge in [-0.25, -0.2) is 0 Å². The molecule has 1 aliphatic rings. The fourth-order valence-corrected chi connectivity index (χ4v) is 3.25. The van der Waals surface area contributed by atoms with Crippen molar-refractivity contribution in [1.82, 2.24) is 10.3 Å². The summed E-state index contributed by atoms with van der Waals surface area (Å²) in [4.78, 5) is 30.7. The van der Waals surface area contributed by atoms with Gasteiger partial charge in [-0.2, -0.15) is 0 Å². The Labute approximate surface area is 178 Å². The van der Waals surface area contributed by atoms with E-state index in [4.69, 9.17) is 16.3 Å². The summed E-state index contributed by atoms with van der Waals surface area (Å²) in [5.74, 6) is 0.240. The number of hydrogen-bond donors (Lipinski definition) is 1. The molecule has 1 aliphatic heterocycles. The second-order valence-corrected chi connectivity index (χ2v) is 7.11. The largest absolute Gasteiger partial charge is 0.448 e. The lowest BCUT2D eigenvalue weighted by Gasteiger charge is -2.30. The lowest BCUT2D eigenvalue weighted by molar-refractivity contribution is -0.117. The van der Waals surface area contributed by atoms with Crippen molar-refractivity contribution in [2.24, 2.45) is 0 Å². The maximum Gasteiger partial charge on any atom is 0.294 e. The zero-order chi connectivity index (χ0) is 21.1. The van der Waals surface area contributed by atoms with E-state index >= 15 is 0 Å². The molecule has 0 fully saturated rings. The monoisotopic (exact) mass is 419 g/mol. The molecule has 150 valence electrons. The zero-order valence-corrected chi connectivity index (χ0v) is 16.9. The van der Waals surface area contributed by atoms with Crippen LogP contribution >= 0.6 is 11.6 Å². The first-order valence-corrected chi connectivity index (χ1v) is 9.65. The van der Waals surface area contributed by atoms with Gasteiger partial charge in [0.25, 0.3) is 11.8 Å². The Balaban J connectivity index is 1.66. The number of rotatable bonds is 4. The summed E-state index contributed by atoms with van der Waals surface area (Å²) in [7, 11) is 1.58. The molecule has 6 nitrogen and oxygen atoms in total. The molecule has 30 heavy (non-hydrogen) atoms. The summed E-state index contributed by atoms with van der Waals surface area (Å²) in [6, 6.07) is 16.0. The van der Waals surface area contributed by atoms with E-state index < -0.39 is 0 Å². The molecule has 0 radical (unpaired) electrons. The number of hydrogen-bond acceptors (Lipinski definition) is 4. The molecule has 1 aromatic heterocycles. The van der Waals surface area contributed by atoms with Crippen LogP contribution in [0.5, 0.6) is 5.75 Å². The number of amides is 2. The average Bonchev–Trinajstić information content (AvgIpc) is 2.78. The Morgan fingerprint density at radius 1 is 1.13 bits per heavy atom. The van der Waals surface area contributed by atoms with E-state index in [0.717, 1.165) is 11.1 Å². The third-order valence-corrected chi connectivity index (χ3v) is 4.93. The summed E-state index contributed by atoms with van der Waals surface area (Å²) in [5, 5.41) is 3.21. The van der Waals surface area contributed by atoms with E-state index in [9.17, 15) is 9.59 Å². The van der Waals surface area contributed by atoms with Crippen LogP contribution in [0.2, 0.25) is 5.02 Å². The number of carbonyl (C=O) groups is 2. The molecule has 0 saturated heterocycles. The van der Waals surface area contributed by atoms with E-state index in [1.54, 1.807) is 72.9 Å². The van der Waals surface area contributed by atoms with Gasteiger partial charge in [-0.3, -0.25) is 19.5 Å². The first-order chi connectivity index (χ1) is 14.5. The van der Waals surface area contributed by atoms with Crippen LogP contribution in [0.1, 0.15) is 21.5 Å². The highest BCUT2D eigenvalue weighted by atomic mass is 35.5. The Morgan fingerprint density at radius 3 is 2.57 bits per heavy atom. The van der Waals surface area contributed by atoms with Crippen molar-refractivity contribution in [2.45, 2.75) is 6.54 Å². The van der Waals surface area contributed by atoms with E-state index in [0.29, 0.717) is 28.6 Å². The fraction of sp³-hybridized carbons (Fsp3) is 0.0870. The molecule has 3 aromatic rings. The van der Waals surface area contributed by atoms with Gasteiger partial charge in [-0.1, -0.05) is 35.9 Å². The van der Waals surface area contributed by atoms with Crippen molar-refractivity contribution < 1.29 is 14.3 Å². The van der Waals surface area contributed by atoms with Gasteiger partial charge < -0.3 is 10.1 Å². The summed E-state index contributed by atoms with van der Waals surface area (Å²) < 4.78 is 5.84. The Hall–Kier alpha value is -3.64. The van der Waals surface area contributed by atoms with Crippen molar-refractivity contribution in [2.75, 3.05) is 11.9 Å². The summed E-state index contributed by atoms with van der Waals surface area (Å²) in [6.07, 6.45) is 4.86. The molecule has 7 heteroatoms. The van der Waals surface area contributed by atoms with Gasteiger partial charge in [-0.15, -0.1) is 0 Å². The van der Waals surface area contributed by atoms with E-state index in [-0.39, 0.29) is 17.6 Å². The van der Waals surface area contributed by atoms with Gasteiger partial charge in [0.15, 0.2) is 11.5 Å². The van der Waals surface area contributed by atoms with Gasteiger partial charge in [0.2, 0.25) is 0 Å². The highest BCUT2D eigenvalue weighted by Gasteiger charge is 2.30. The smallest absolute Gasteiger partial charge is 0.294 e. The van der Waals surface area contributed by atoms with E-state index in [1.165, 1.54) is 0 Å². The summed E-state index contributed by atoms with van der Waals surface area (Å²) >= 11 is 5.97. The first kappa shape index (κ1) is 19.7. The molecular formula is C23H18ClN3O3. The zero-order valence-electron chi connectivity index (χ0n) is 16.1. The van der Waals surface area contributed by atoms with E-state index in [1.807, 2.05) is 12.1 Å². The van der Waals surface area contributed by atoms with Crippen molar-refractivity contribution in [3.05, 3.63) is 94.5 Å². The number of pyridine rings is 1. The van der Waals surface area contributed by atoms with Gasteiger partial charge >= 0.3 is 0 Å². The highest BCUT2D eigenvalue weighted by molar-refractivity contribution is 6.30. The van der Waals surface area contributed by atoms with Crippen LogP contribution in [-0.2, 0) is 11.3 Å². The van der Waals surface area contributed by atoms with Crippen molar-refractivity contribution >= 4 is 35.2 Å². The minimum Gasteiger partial charge on any atom is -0.448 e. The second-order valence-electron chi connectivity index (χ2n) is 6.67. The van der Waals surface area contributed by atoms with Crippen molar-refractivity contribution in [1.29, 1.82) is 0 Å². The lowest BCUT2D eigenvalue weighted by atomic mass is 10.1. The number of fused-ring (bicyclic) bond motifs is 1. The normalized spacial score (nSPS) is 14.3. The standard InChI is InChI=1S/C23H18ClN3O3/c1-25-22(28)17-6-2-15(3-7-17)12-20-23(29)27(14-16-4-8-18(24)9-5-16)19-10-11-26-13-21(19)30-20/h2-13H,14H2,1H3,(H,25,28)/b20-12-. The highest BCUT2D eigenvalue weighted by Crippen LogP contribution is 2.36. The van der Waals surface area contributed by atoms with Gasteiger partial charge in [0, 0.05) is 23.8 Å². The van der Waals surface area contributed by atoms with Crippen LogP contribution in [-0.4, -0.2) is 23.8 Å². The molecule has 2 aromatic carbocycles. The van der Waals surface area contributed by atoms with Gasteiger partial charge in [0.05, 0.1) is 18.4 Å². The topological polar surface area (TPSA) is 71.5 Å². The van der Waals surface area contributed by atoms with Crippen LogP contribution in [0.3, 0.4) is 0 Å². The molecule has 0 aliphatic carbocycles.